The second-order valence-electron chi connectivity index (χ2n) is 8.54. The molecule has 1 aliphatic heterocycles. The van der Waals surface area contributed by atoms with Gasteiger partial charge in [0.25, 0.3) is 5.89 Å². The largest absolute Gasteiger partial charge is 0.497 e. The van der Waals surface area contributed by atoms with Crippen molar-refractivity contribution in [1.29, 1.82) is 0 Å². The van der Waals surface area contributed by atoms with E-state index in [-0.39, 0.29) is 6.03 Å². The van der Waals surface area contributed by atoms with Gasteiger partial charge in [0, 0.05) is 17.8 Å². The highest BCUT2D eigenvalue weighted by Gasteiger charge is 2.36. The van der Waals surface area contributed by atoms with Gasteiger partial charge in [-0.25, -0.2) is 4.79 Å². The molecule has 2 amide bonds. The summed E-state index contributed by atoms with van der Waals surface area (Å²) in [7, 11) is 1.62. The van der Waals surface area contributed by atoms with Crippen LogP contribution in [-0.4, -0.2) is 41.3 Å². The van der Waals surface area contributed by atoms with E-state index in [1.165, 1.54) is 0 Å². The third-order valence-electron chi connectivity index (χ3n) is 5.67. The van der Waals surface area contributed by atoms with Crippen LogP contribution in [0.5, 0.6) is 11.5 Å². The first-order chi connectivity index (χ1) is 16.4. The fraction of sp³-hybridized carbons (Fsp3) is 0.346. The molecule has 2 aromatic carbocycles. The zero-order valence-electron chi connectivity index (χ0n) is 20.2. The lowest BCUT2D eigenvalue weighted by molar-refractivity contribution is 0.199. The number of methoxy groups -OCH3 is 1. The van der Waals surface area contributed by atoms with Crippen LogP contribution in [0.3, 0.4) is 0 Å². The van der Waals surface area contributed by atoms with Crippen molar-refractivity contribution in [1.82, 2.24) is 20.4 Å². The molecular formula is C26H30N4O4. The van der Waals surface area contributed by atoms with Gasteiger partial charge in [-0.05, 0) is 61.7 Å². The summed E-state index contributed by atoms with van der Waals surface area (Å²) < 4.78 is 16.5. The van der Waals surface area contributed by atoms with Crippen molar-refractivity contribution in [3.63, 3.8) is 0 Å². The van der Waals surface area contributed by atoms with Gasteiger partial charge in [0.2, 0.25) is 5.82 Å². The molecule has 8 heteroatoms. The number of carbonyl (C=O) groups excluding carboxylic acids is 1. The van der Waals surface area contributed by atoms with E-state index >= 15 is 0 Å². The van der Waals surface area contributed by atoms with Crippen molar-refractivity contribution in [2.45, 2.75) is 33.7 Å². The highest BCUT2D eigenvalue weighted by molar-refractivity contribution is 5.86. The molecule has 1 atom stereocenters. The summed E-state index contributed by atoms with van der Waals surface area (Å²) in [5.41, 5.74) is 3.28. The van der Waals surface area contributed by atoms with Gasteiger partial charge in [0.05, 0.1) is 25.3 Å². The molecule has 0 spiro atoms. The van der Waals surface area contributed by atoms with Crippen LogP contribution in [0, 0.1) is 5.92 Å². The van der Waals surface area contributed by atoms with E-state index in [4.69, 9.17) is 19.0 Å². The molecule has 34 heavy (non-hydrogen) atoms. The summed E-state index contributed by atoms with van der Waals surface area (Å²) in [6.45, 7) is 9.20. The highest BCUT2D eigenvalue weighted by atomic mass is 16.5. The molecular weight excluding hydrogens is 432 g/mol. The summed E-state index contributed by atoms with van der Waals surface area (Å²) >= 11 is 0. The molecule has 1 unspecified atom stereocenters. The molecule has 1 N–H and O–H groups in total. The number of allylic oxidation sites excluding steroid dienone is 1. The maximum absolute atomic E-state index is 13.0. The minimum atomic E-state index is -0.435. The van der Waals surface area contributed by atoms with Crippen LogP contribution < -0.4 is 14.8 Å². The summed E-state index contributed by atoms with van der Waals surface area (Å²) in [6, 6.07) is 14.6. The van der Waals surface area contributed by atoms with E-state index in [1.54, 1.807) is 12.0 Å². The number of ether oxygens (including phenoxy) is 2. The minimum Gasteiger partial charge on any atom is -0.497 e. The minimum absolute atomic E-state index is 0.151. The fourth-order valence-corrected chi connectivity index (χ4v) is 4.01. The fourth-order valence-electron chi connectivity index (χ4n) is 4.01. The quantitative estimate of drug-likeness (QED) is 0.489. The number of nitrogens with zero attached hydrogens (tertiary/aromatic N) is 3. The van der Waals surface area contributed by atoms with E-state index in [1.807, 2.05) is 62.4 Å². The topological polar surface area (TPSA) is 89.7 Å². The molecule has 0 saturated heterocycles. The monoisotopic (exact) mass is 462 g/mol. The number of aromatic nitrogens is 2. The number of urea groups is 1. The first-order valence-electron chi connectivity index (χ1n) is 11.4. The van der Waals surface area contributed by atoms with Crippen LogP contribution in [0.4, 0.5) is 4.79 Å². The van der Waals surface area contributed by atoms with Crippen molar-refractivity contribution in [2.24, 2.45) is 5.92 Å². The SMILES string of the molecule is CCOc1ccc(-c2noc(C3=C(C)N(CC(C)C)C(=O)NC3c3ccc(OC)cc3)n2)cc1. The molecule has 1 aliphatic rings. The van der Waals surface area contributed by atoms with E-state index in [0.717, 1.165) is 33.9 Å². The Morgan fingerprint density at radius 1 is 1.09 bits per heavy atom. The molecule has 1 aromatic heterocycles. The second kappa shape index (κ2) is 9.99. The van der Waals surface area contributed by atoms with E-state index in [2.05, 4.69) is 24.3 Å². The van der Waals surface area contributed by atoms with Crippen LogP contribution in [0.2, 0.25) is 0 Å². The third kappa shape index (κ3) is 4.76. The first kappa shape index (κ1) is 23.4. The van der Waals surface area contributed by atoms with E-state index in [9.17, 15) is 4.79 Å². The molecule has 8 nitrogen and oxygen atoms in total. The van der Waals surface area contributed by atoms with Crippen molar-refractivity contribution in [3.05, 3.63) is 65.7 Å². The van der Waals surface area contributed by atoms with Gasteiger partial charge < -0.3 is 19.3 Å². The predicted molar refractivity (Wildman–Crippen MR) is 129 cm³/mol. The van der Waals surface area contributed by atoms with Crippen molar-refractivity contribution in [3.8, 4) is 22.9 Å². The normalized spacial score (nSPS) is 16.1. The molecule has 2 heterocycles. The molecule has 0 saturated carbocycles. The Bertz CT molecular complexity index is 1170. The summed E-state index contributed by atoms with van der Waals surface area (Å²) in [5, 5.41) is 7.34. The van der Waals surface area contributed by atoms with Crippen LogP contribution in [0.1, 0.15) is 45.2 Å². The zero-order chi connectivity index (χ0) is 24.2. The number of benzene rings is 2. The Morgan fingerprint density at radius 2 is 1.76 bits per heavy atom. The van der Waals surface area contributed by atoms with Crippen LogP contribution >= 0.6 is 0 Å². The van der Waals surface area contributed by atoms with Gasteiger partial charge >= 0.3 is 6.03 Å². The molecule has 0 aliphatic carbocycles. The Hall–Kier alpha value is -3.81. The maximum Gasteiger partial charge on any atom is 0.322 e. The van der Waals surface area contributed by atoms with Crippen LogP contribution in [-0.2, 0) is 0 Å². The lowest BCUT2D eigenvalue weighted by Crippen LogP contribution is -2.47. The molecule has 0 fully saturated rings. The van der Waals surface area contributed by atoms with Gasteiger partial charge in [-0.2, -0.15) is 4.98 Å². The van der Waals surface area contributed by atoms with Crippen LogP contribution in [0.15, 0.2) is 58.8 Å². The lowest BCUT2D eigenvalue weighted by atomic mass is 9.94. The average Bonchev–Trinajstić information content (AvgIpc) is 3.32. The zero-order valence-corrected chi connectivity index (χ0v) is 20.2. The van der Waals surface area contributed by atoms with E-state index in [0.29, 0.717) is 30.8 Å². The average molecular weight is 463 g/mol. The number of carbonyl (C=O) groups is 1. The lowest BCUT2D eigenvalue weighted by Gasteiger charge is -2.36. The number of amides is 2. The molecule has 3 aromatic rings. The van der Waals surface area contributed by atoms with Gasteiger partial charge in [0.15, 0.2) is 0 Å². The molecule has 178 valence electrons. The highest BCUT2D eigenvalue weighted by Crippen LogP contribution is 2.38. The van der Waals surface area contributed by atoms with Gasteiger partial charge in [-0.3, -0.25) is 4.90 Å². The van der Waals surface area contributed by atoms with Crippen molar-refractivity contribution in [2.75, 3.05) is 20.3 Å². The van der Waals surface area contributed by atoms with Crippen LogP contribution in [0.25, 0.3) is 17.0 Å². The first-order valence-corrected chi connectivity index (χ1v) is 11.4. The standard InChI is InChI=1S/C26H30N4O4/c1-6-33-21-13-9-19(10-14-21)24-28-25(34-29-24)22-17(4)30(15-16(2)3)26(31)27-23(22)18-7-11-20(32-5)12-8-18/h7-14,16,23H,6,15H2,1-5H3,(H,27,31). The number of hydrogen-bond donors (Lipinski definition) is 1. The van der Waals surface area contributed by atoms with Crippen molar-refractivity contribution >= 4 is 11.6 Å². The van der Waals surface area contributed by atoms with Gasteiger partial charge in [0.1, 0.15) is 11.5 Å². The Kier molecular flexibility index (Phi) is 6.86. The number of hydrogen-bond acceptors (Lipinski definition) is 6. The number of rotatable bonds is 8. The molecule has 0 radical (unpaired) electrons. The Balaban J connectivity index is 1.75. The summed E-state index contributed by atoms with van der Waals surface area (Å²) in [5.74, 6) is 2.66. The summed E-state index contributed by atoms with van der Waals surface area (Å²) in [6.07, 6.45) is 0. The Morgan fingerprint density at radius 3 is 2.38 bits per heavy atom. The second-order valence-corrected chi connectivity index (χ2v) is 8.54. The summed E-state index contributed by atoms with van der Waals surface area (Å²) in [4.78, 5) is 19.4. The van der Waals surface area contributed by atoms with E-state index < -0.39 is 6.04 Å². The third-order valence-corrected chi connectivity index (χ3v) is 5.67. The number of nitrogens with one attached hydrogen (secondary N) is 1. The van der Waals surface area contributed by atoms with Gasteiger partial charge in [-0.15, -0.1) is 0 Å². The van der Waals surface area contributed by atoms with Crippen molar-refractivity contribution < 1.29 is 18.8 Å². The molecule has 4 rings (SSSR count). The molecule has 0 bridgehead atoms. The Labute approximate surface area is 199 Å². The smallest absolute Gasteiger partial charge is 0.322 e. The van der Waals surface area contributed by atoms with Gasteiger partial charge in [-0.1, -0.05) is 31.1 Å². The predicted octanol–water partition coefficient (Wildman–Crippen LogP) is 5.30. The maximum atomic E-state index is 13.0.